The SMILES string of the molecule is C.CNc1c(C(=O)N[C@H]2CCOc3ccccc32)sc2c(-c3ccc(F)c(F)c3)cccc12. The number of halogens is 2. The van der Waals surface area contributed by atoms with Gasteiger partial charge in [0, 0.05) is 29.1 Å². The number of rotatable bonds is 4. The van der Waals surface area contributed by atoms with E-state index in [0.717, 1.165) is 33.0 Å². The van der Waals surface area contributed by atoms with Crippen molar-refractivity contribution in [2.75, 3.05) is 19.0 Å². The lowest BCUT2D eigenvalue weighted by atomic mass is 10.0. The van der Waals surface area contributed by atoms with Gasteiger partial charge in [0.15, 0.2) is 11.6 Å². The Morgan fingerprint density at radius 3 is 2.67 bits per heavy atom. The summed E-state index contributed by atoms with van der Waals surface area (Å²) in [7, 11) is 1.77. The first kappa shape index (κ1) is 22.7. The van der Waals surface area contributed by atoms with Crippen LogP contribution < -0.4 is 15.4 Å². The van der Waals surface area contributed by atoms with E-state index in [1.54, 1.807) is 13.1 Å². The average Bonchev–Trinajstić information content (AvgIpc) is 3.20. The molecular formula is C26H24F2N2O2S. The molecule has 0 spiro atoms. The van der Waals surface area contributed by atoms with Crippen LogP contribution in [0.15, 0.2) is 60.7 Å². The Hall–Kier alpha value is -3.45. The Balaban J connectivity index is 0.00000259. The molecule has 4 aromatic rings. The monoisotopic (exact) mass is 466 g/mol. The summed E-state index contributed by atoms with van der Waals surface area (Å²) >= 11 is 1.34. The molecule has 0 saturated heterocycles. The highest BCUT2D eigenvalue weighted by Crippen LogP contribution is 2.42. The van der Waals surface area contributed by atoms with Gasteiger partial charge < -0.3 is 15.4 Å². The number of thiophene rings is 1. The third-order valence-electron chi connectivity index (χ3n) is 5.67. The van der Waals surface area contributed by atoms with E-state index in [-0.39, 0.29) is 19.4 Å². The highest BCUT2D eigenvalue weighted by molar-refractivity contribution is 7.22. The number of ether oxygens (including phenoxy) is 1. The first-order valence-electron chi connectivity index (χ1n) is 10.3. The number of para-hydroxylation sites is 1. The number of hydrogen-bond donors (Lipinski definition) is 2. The van der Waals surface area contributed by atoms with Crippen molar-refractivity contribution in [2.24, 2.45) is 0 Å². The number of hydrogen-bond acceptors (Lipinski definition) is 4. The van der Waals surface area contributed by atoms with Crippen LogP contribution in [0.4, 0.5) is 14.5 Å². The molecule has 170 valence electrons. The van der Waals surface area contributed by atoms with E-state index in [0.29, 0.717) is 29.2 Å². The van der Waals surface area contributed by atoms with E-state index in [9.17, 15) is 13.6 Å². The molecule has 0 bridgehead atoms. The molecule has 0 saturated carbocycles. The summed E-state index contributed by atoms with van der Waals surface area (Å²) in [6, 6.07) is 17.0. The van der Waals surface area contributed by atoms with Gasteiger partial charge in [0.05, 0.1) is 18.3 Å². The second-order valence-corrected chi connectivity index (χ2v) is 8.59. The summed E-state index contributed by atoms with van der Waals surface area (Å²) < 4.78 is 33.8. The molecule has 0 unspecified atom stereocenters. The van der Waals surface area contributed by atoms with E-state index in [1.165, 1.54) is 17.4 Å². The van der Waals surface area contributed by atoms with Crippen molar-refractivity contribution < 1.29 is 18.3 Å². The van der Waals surface area contributed by atoms with E-state index in [4.69, 9.17) is 4.74 Å². The average molecular weight is 467 g/mol. The summed E-state index contributed by atoms with van der Waals surface area (Å²) in [5.41, 5.74) is 2.98. The van der Waals surface area contributed by atoms with Crippen LogP contribution in [0.25, 0.3) is 21.2 Å². The van der Waals surface area contributed by atoms with E-state index >= 15 is 0 Å². The van der Waals surface area contributed by atoms with Crippen LogP contribution >= 0.6 is 11.3 Å². The van der Waals surface area contributed by atoms with Crippen molar-refractivity contribution in [2.45, 2.75) is 19.9 Å². The Labute approximate surface area is 195 Å². The van der Waals surface area contributed by atoms with Crippen molar-refractivity contribution in [3.63, 3.8) is 0 Å². The molecule has 7 heteroatoms. The molecule has 4 nitrogen and oxygen atoms in total. The molecule has 33 heavy (non-hydrogen) atoms. The van der Waals surface area contributed by atoms with Crippen molar-refractivity contribution in [3.8, 4) is 16.9 Å². The van der Waals surface area contributed by atoms with Crippen molar-refractivity contribution >= 4 is 33.0 Å². The summed E-state index contributed by atoms with van der Waals surface area (Å²) in [5.74, 6) is -1.19. The first-order chi connectivity index (χ1) is 15.6. The zero-order valence-electron chi connectivity index (χ0n) is 17.2. The Morgan fingerprint density at radius 1 is 1.06 bits per heavy atom. The Bertz CT molecular complexity index is 1340. The summed E-state index contributed by atoms with van der Waals surface area (Å²) in [6.45, 7) is 0.535. The molecule has 0 aliphatic carbocycles. The lowest BCUT2D eigenvalue weighted by Gasteiger charge is -2.26. The second-order valence-electron chi connectivity index (χ2n) is 7.57. The van der Waals surface area contributed by atoms with Gasteiger partial charge in [-0.1, -0.05) is 49.9 Å². The number of amides is 1. The van der Waals surface area contributed by atoms with Crippen LogP contribution in [-0.4, -0.2) is 19.6 Å². The summed E-state index contributed by atoms with van der Waals surface area (Å²) in [5, 5.41) is 7.15. The third-order valence-corrected chi connectivity index (χ3v) is 6.90. The fourth-order valence-corrected chi connectivity index (χ4v) is 5.38. The maximum absolute atomic E-state index is 13.9. The molecular weight excluding hydrogens is 442 g/mol. The van der Waals surface area contributed by atoms with Gasteiger partial charge in [-0.25, -0.2) is 8.78 Å². The zero-order chi connectivity index (χ0) is 22.2. The van der Waals surface area contributed by atoms with E-state index in [2.05, 4.69) is 10.6 Å². The highest BCUT2D eigenvalue weighted by Gasteiger charge is 2.26. The number of carbonyl (C=O) groups excluding carboxylic acids is 1. The predicted molar refractivity (Wildman–Crippen MR) is 130 cm³/mol. The second kappa shape index (κ2) is 9.19. The lowest BCUT2D eigenvalue weighted by Crippen LogP contribution is -2.32. The number of nitrogens with one attached hydrogen (secondary N) is 2. The van der Waals surface area contributed by atoms with Crippen molar-refractivity contribution in [1.82, 2.24) is 5.32 Å². The number of fused-ring (bicyclic) bond motifs is 2. The highest BCUT2D eigenvalue weighted by atomic mass is 32.1. The Kier molecular flexibility index (Phi) is 6.33. The third kappa shape index (κ3) is 4.04. The number of anilines is 1. The minimum atomic E-state index is -0.902. The van der Waals surface area contributed by atoms with Gasteiger partial charge in [0.1, 0.15) is 10.6 Å². The Morgan fingerprint density at radius 2 is 1.88 bits per heavy atom. The topological polar surface area (TPSA) is 50.4 Å². The maximum Gasteiger partial charge on any atom is 0.264 e. The van der Waals surface area contributed by atoms with Crippen molar-refractivity contribution in [1.29, 1.82) is 0 Å². The molecule has 1 atom stereocenters. The van der Waals surface area contributed by atoms with Gasteiger partial charge in [-0.15, -0.1) is 11.3 Å². The van der Waals surface area contributed by atoms with Gasteiger partial charge in [-0.3, -0.25) is 4.79 Å². The molecule has 3 aromatic carbocycles. The molecule has 0 fully saturated rings. The number of benzene rings is 3. The van der Waals surface area contributed by atoms with Gasteiger partial charge in [0.2, 0.25) is 0 Å². The molecule has 2 heterocycles. The zero-order valence-corrected chi connectivity index (χ0v) is 18.1. The fraction of sp³-hybridized carbons (Fsp3) is 0.192. The van der Waals surface area contributed by atoms with Gasteiger partial charge >= 0.3 is 0 Å². The lowest BCUT2D eigenvalue weighted by molar-refractivity contribution is 0.0929. The van der Waals surface area contributed by atoms with Gasteiger partial charge in [0.25, 0.3) is 5.91 Å². The first-order valence-corrected chi connectivity index (χ1v) is 11.1. The van der Waals surface area contributed by atoms with Gasteiger partial charge in [-0.05, 0) is 29.3 Å². The molecule has 1 aliphatic rings. The van der Waals surface area contributed by atoms with Crippen LogP contribution in [0.1, 0.15) is 35.1 Å². The van der Waals surface area contributed by atoms with Crippen molar-refractivity contribution in [3.05, 3.63) is 82.7 Å². The standard InChI is InChI=1S/C25H20F2N2O2S.CH4/c1-28-22-17-7-4-6-15(14-9-10-18(26)19(27)13-14)23(17)32-24(22)25(30)29-20-11-12-31-21-8-3-2-5-16(20)21;/h2-10,13,20,28H,11-12H2,1H3,(H,29,30);1H4/t20-;/m0./s1. The predicted octanol–water partition coefficient (Wildman–Crippen LogP) is 6.78. The molecule has 1 amide bonds. The van der Waals surface area contributed by atoms with Crippen LogP contribution in [0.5, 0.6) is 5.75 Å². The maximum atomic E-state index is 13.9. The fourth-order valence-electron chi connectivity index (χ4n) is 4.13. The summed E-state index contributed by atoms with van der Waals surface area (Å²) in [4.78, 5) is 13.9. The summed E-state index contributed by atoms with van der Waals surface area (Å²) in [6.07, 6.45) is 0.683. The quantitative estimate of drug-likeness (QED) is 0.349. The minimum absolute atomic E-state index is 0. The van der Waals surface area contributed by atoms with E-state index < -0.39 is 11.6 Å². The smallest absolute Gasteiger partial charge is 0.264 e. The van der Waals surface area contributed by atoms with Gasteiger partial charge in [-0.2, -0.15) is 0 Å². The van der Waals surface area contributed by atoms with Crippen LogP contribution in [0.2, 0.25) is 0 Å². The largest absolute Gasteiger partial charge is 0.493 e. The molecule has 2 N–H and O–H groups in total. The van der Waals surface area contributed by atoms with Crippen LogP contribution in [-0.2, 0) is 0 Å². The van der Waals surface area contributed by atoms with E-state index in [1.807, 2.05) is 42.5 Å². The van der Waals surface area contributed by atoms with Crippen LogP contribution in [0.3, 0.4) is 0 Å². The molecule has 1 aliphatic heterocycles. The van der Waals surface area contributed by atoms with Crippen LogP contribution in [0, 0.1) is 11.6 Å². The molecule has 1 aromatic heterocycles. The normalized spacial score (nSPS) is 14.7. The number of carbonyl (C=O) groups is 1. The minimum Gasteiger partial charge on any atom is -0.493 e. The molecule has 5 rings (SSSR count). The molecule has 0 radical (unpaired) electrons.